The molecule has 2 rings (SSSR count). The van der Waals surface area contributed by atoms with E-state index in [2.05, 4.69) is 6.92 Å². The second-order valence-electron chi connectivity index (χ2n) is 5.07. The fourth-order valence-electron chi connectivity index (χ4n) is 2.38. The summed E-state index contributed by atoms with van der Waals surface area (Å²) in [6.07, 6.45) is 4.16. The molecule has 2 unspecified atom stereocenters. The lowest BCUT2D eigenvalue weighted by molar-refractivity contribution is 0.0155. The first-order valence-electron chi connectivity index (χ1n) is 6.35. The topological polar surface area (TPSA) is 72.5 Å². The molecule has 0 spiro atoms. The molecule has 0 aliphatic heterocycles. The molecule has 4 nitrogen and oxygen atoms in total. The number of ether oxygens (including phenoxy) is 1. The number of anilines is 1. The maximum atomic E-state index is 11.9. The van der Waals surface area contributed by atoms with Crippen molar-refractivity contribution in [2.45, 2.75) is 38.7 Å². The van der Waals surface area contributed by atoms with Crippen LogP contribution in [0.2, 0.25) is 0 Å². The molecule has 0 saturated heterocycles. The Balaban J connectivity index is 2.00. The molecule has 98 valence electrons. The largest absolute Gasteiger partial charge is 0.506 e. The number of aromatic hydroxyl groups is 1. The van der Waals surface area contributed by atoms with E-state index >= 15 is 0 Å². The smallest absolute Gasteiger partial charge is 0.338 e. The van der Waals surface area contributed by atoms with Crippen LogP contribution in [-0.4, -0.2) is 17.2 Å². The van der Waals surface area contributed by atoms with Crippen molar-refractivity contribution in [3.63, 3.8) is 0 Å². The fourth-order valence-corrected chi connectivity index (χ4v) is 2.38. The fraction of sp³-hybridized carbons (Fsp3) is 0.500. The van der Waals surface area contributed by atoms with E-state index in [-0.39, 0.29) is 23.5 Å². The van der Waals surface area contributed by atoms with Crippen LogP contribution in [0.5, 0.6) is 5.75 Å². The van der Waals surface area contributed by atoms with E-state index < -0.39 is 0 Å². The third-order valence-electron chi connectivity index (χ3n) is 3.43. The van der Waals surface area contributed by atoms with Gasteiger partial charge in [-0.05, 0) is 43.4 Å². The molecule has 3 N–H and O–H groups in total. The molecule has 1 aromatic rings. The van der Waals surface area contributed by atoms with Crippen molar-refractivity contribution in [3.05, 3.63) is 23.8 Å². The lowest BCUT2D eigenvalue weighted by Crippen LogP contribution is -2.24. The van der Waals surface area contributed by atoms with Crippen LogP contribution in [-0.2, 0) is 4.74 Å². The molecule has 1 saturated carbocycles. The van der Waals surface area contributed by atoms with E-state index in [9.17, 15) is 9.90 Å². The zero-order valence-corrected chi connectivity index (χ0v) is 10.6. The Morgan fingerprint density at radius 2 is 2.22 bits per heavy atom. The second-order valence-corrected chi connectivity index (χ2v) is 5.07. The van der Waals surface area contributed by atoms with Gasteiger partial charge in [0.25, 0.3) is 0 Å². The molecule has 4 heteroatoms. The van der Waals surface area contributed by atoms with Crippen molar-refractivity contribution >= 4 is 11.7 Å². The van der Waals surface area contributed by atoms with Gasteiger partial charge in [-0.25, -0.2) is 4.79 Å². The molecule has 0 heterocycles. The van der Waals surface area contributed by atoms with Gasteiger partial charge in [0.15, 0.2) is 0 Å². The van der Waals surface area contributed by atoms with Crippen molar-refractivity contribution < 1.29 is 14.6 Å². The lowest BCUT2D eigenvalue weighted by atomic mass is 9.89. The predicted octanol–water partition coefficient (Wildman–Crippen LogP) is 2.71. The Morgan fingerprint density at radius 1 is 1.44 bits per heavy atom. The van der Waals surface area contributed by atoms with E-state index in [0.717, 1.165) is 19.3 Å². The number of nitrogen functional groups attached to an aromatic ring is 1. The SMILES string of the molecule is CC1CCCC(OC(=O)c2ccc(N)c(O)c2)C1. The summed E-state index contributed by atoms with van der Waals surface area (Å²) >= 11 is 0. The summed E-state index contributed by atoms with van der Waals surface area (Å²) in [5.74, 6) is 0.141. The molecule has 1 aromatic carbocycles. The van der Waals surface area contributed by atoms with Crippen molar-refractivity contribution in [2.75, 3.05) is 5.73 Å². The molecule has 0 aromatic heterocycles. The zero-order valence-electron chi connectivity index (χ0n) is 10.6. The summed E-state index contributed by atoms with van der Waals surface area (Å²) in [6.45, 7) is 2.18. The Morgan fingerprint density at radius 3 is 2.89 bits per heavy atom. The molecular formula is C14H19NO3. The Labute approximate surface area is 107 Å². The molecule has 2 atom stereocenters. The van der Waals surface area contributed by atoms with Crippen molar-refractivity contribution in [1.82, 2.24) is 0 Å². The van der Waals surface area contributed by atoms with E-state index in [1.165, 1.54) is 18.6 Å². The molecule has 0 radical (unpaired) electrons. The Hall–Kier alpha value is -1.71. The number of esters is 1. The van der Waals surface area contributed by atoms with Gasteiger partial charge in [0.05, 0.1) is 11.3 Å². The minimum absolute atomic E-state index is 0.000876. The number of benzene rings is 1. The van der Waals surface area contributed by atoms with Crippen LogP contribution in [0.25, 0.3) is 0 Å². The Bertz CT molecular complexity index is 445. The van der Waals surface area contributed by atoms with Gasteiger partial charge < -0.3 is 15.6 Å². The highest BCUT2D eigenvalue weighted by Crippen LogP contribution is 2.27. The first-order chi connectivity index (χ1) is 8.56. The average Bonchev–Trinajstić information content (AvgIpc) is 2.32. The van der Waals surface area contributed by atoms with E-state index in [0.29, 0.717) is 11.5 Å². The van der Waals surface area contributed by atoms with Crippen LogP contribution in [0.1, 0.15) is 43.0 Å². The van der Waals surface area contributed by atoms with Crippen LogP contribution in [0, 0.1) is 5.92 Å². The van der Waals surface area contributed by atoms with Gasteiger partial charge in [0.2, 0.25) is 0 Å². The minimum Gasteiger partial charge on any atom is -0.506 e. The highest BCUT2D eigenvalue weighted by Gasteiger charge is 2.23. The van der Waals surface area contributed by atoms with E-state index in [4.69, 9.17) is 10.5 Å². The number of carbonyl (C=O) groups excluding carboxylic acids is 1. The third-order valence-corrected chi connectivity index (χ3v) is 3.43. The first-order valence-corrected chi connectivity index (χ1v) is 6.35. The number of nitrogens with two attached hydrogens (primary N) is 1. The monoisotopic (exact) mass is 249 g/mol. The summed E-state index contributed by atoms with van der Waals surface area (Å²) < 4.78 is 5.45. The zero-order chi connectivity index (χ0) is 13.1. The second kappa shape index (κ2) is 5.29. The number of carbonyl (C=O) groups is 1. The molecule has 18 heavy (non-hydrogen) atoms. The lowest BCUT2D eigenvalue weighted by Gasteiger charge is -2.26. The highest BCUT2D eigenvalue weighted by atomic mass is 16.5. The molecule has 0 amide bonds. The van der Waals surface area contributed by atoms with Gasteiger partial charge in [0, 0.05) is 0 Å². The summed E-state index contributed by atoms with van der Waals surface area (Å²) in [4.78, 5) is 11.9. The average molecular weight is 249 g/mol. The van der Waals surface area contributed by atoms with Crippen LogP contribution in [0.3, 0.4) is 0 Å². The summed E-state index contributed by atoms with van der Waals surface area (Å²) in [6, 6.07) is 4.43. The number of phenols is 1. The van der Waals surface area contributed by atoms with Gasteiger partial charge in [-0.1, -0.05) is 13.3 Å². The maximum absolute atomic E-state index is 11.9. The number of hydrogen-bond donors (Lipinski definition) is 2. The van der Waals surface area contributed by atoms with Crippen LogP contribution < -0.4 is 5.73 Å². The molecule has 1 aliphatic carbocycles. The first kappa shape index (κ1) is 12.7. The van der Waals surface area contributed by atoms with Gasteiger partial charge in [-0.3, -0.25) is 0 Å². The third kappa shape index (κ3) is 2.94. The number of rotatable bonds is 2. The van der Waals surface area contributed by atoms with Gasteiger partial charge in [0.1, 0.15) is 11.9 Å². The summed E-state index contributed by atoms with van der Waals surface area (Å²) in [5.41, 5.74) is 6.10. The quantitative estimate of drug-likeness (QED) is 0.480. The Kier molecular flexibility index (Phi) is 3.75. The minimum atomic E-state index is -0.385. The number of hydrogen-bond acceptors (Lipinski definition) is 4. The van der Waals surface area contributed by atoms with E-state index in [1.807, 2.05) is 0 Å². The van der Waals surface area contributed by atoms with Crippen molar-refractivity contribution in [1.29, 1.82) is 0 Å². The van der Waals surface area contributed by atoms with Crippen molar-refractivity contribution in [3.8, 4) is 5.75 Å². The van der Waals surface area contributed by atoms with E-state index in [1.54, 1.807) is 6.07 Å². The van der Waals surface area contributed by atoms with Gasteiger partial charge >= 0.3 is 5.97 Å². The molecule has 1 fully saturated rings. The molecular weight excluding hydrogens is 230 g/mol. The van der Waals surface area contributed by atoms with Crippen molar-refractivity contribution in [2.24, 2.45) is 5.92 Å². The van der Waals surface area contributed by atoms with Crippen LogP contribution >= 0.6 is 0 Å². The number of phenolic OH excluding ortho intramolecular Hbond substituents is 1. The molecule has 1 aliphatic rings. The predicted molar refractivity (Wildman–Crippen MR) is 69.4 cm³/mol. The normalized spacial score (nSPS) is 23.6. The van der Waals surface area contributed by atoms with Gasteiger partial charge in [-0.15, -0.1) is 0 Å². The van der Waals surface area contributed by atoms with Gasteiger partial charge in [-0.2, -0.15) is 0 Å². The molecule has 0 bridgehead atoms. The summed E-state index contributed by atoms with van der Waals surface area (Å²) in [5, 5.41) is 9.46. The maximum Gasteiger partial charge on any atom is 0.338 e. The summed E-state index contributed by atoms with van der Waals surface area (Å²) in [7, 11) is 0. The standard InChI is InChI=1S/C14H19NO3/c1-9-3-2-4-11(7-9)18-14(17)10-5-6-12(15)13(16)8-10/h5-6,8-9,11,16H,2-4,7,15H2,1H3. The van der Waals surface area contributed by atoms with Crippen LogP contribution in [0.4, 0.5) is 5.69 Å². The highest BCUT2D eigenvalue weighted by molar-refractivity contribution is 5.90. The van der Waals surface area contributed by atoms with Crippen LogP contribution in [0.15, 0.2) is 18.2 Å².